The standard InChI is InChI=1S/C13H27NO3/c1-6-7-11(2)10-17-9-8-13(3,14-4)12(15)16-5/h11,14H,6-10H2,1-5H3. The van der Waals surface area contributed by atoms with E-state index in [0.717, 1.165) is 6.61 Å². The minimum Gasteiger partial charge on any atom is -0.468 e. The highest BCUT2D eigenvalue weighted by atomic mass is 16.5. The molecule has 1 N–H and O–H groups in total. The molecule has 0 fully saturated rings. The molecule has 0 aromatic rings. The van der Waals surface area contributed by atoms with Crippen LogP contribution in [0.3, 0.4) is 0 Å². The molecule has 0 aliphatic rings. The largest absolute Gasteiger partial charge is 0.468 e. The fourth-order valence-electron chi connectivity index (χ4n) is 1.69. The first-order valence-electron chi connectivity index (χ1n) is 6.35. The summed E-state index contributed by atoms with van der Waals surface area (Å²) < 4.78 is 10.4. The molecule has 0 heterocycles. The van der Waals surface area contributed by atoms with Crippen LogP contribution in [0.5, 0.6) is 0 Å². The molecule has 0 aromatic heterocycles. The molecule has 0 bridgehead atoms. The van der Waals surface area contributed by atoms with Crippen molar-refractivity contribution in [2.24, 2.45) is 5.92 Å². The highest BCUT2D eigenvalue weighted by Crippen LogP contribution is 2.12. The van der Waals surface area contributed by atoms with E-state index in [1.807, 2.05) is 6.92 Å². The summed E-state index contributed by atoms with van der Waals surface area (Å²) in [6.07, 6.45) is 2.98. The number of carbonyl (C=O) groups excluding carboxylic acids is 1. The minimum atomic E-state index is -0.650. The predicted octanol–water partition coefficient (Wildman–Crippen LogP) is 1.98. The van der Waals surface area contributed by atoms with Gasteiger partial charge < -0.3 is 14.8 Å². The first-order valence-corrected chi connectivity index (χ1v) is 6.35. The second-order valence-electron chi connectivity index (χ2n) is 4.79. The van der Waals surface area contributed by atoms with E-state index in [2.05, 4.69) is 19.2 Å². The number of carbonyl (C=O) groups is 1. The van der Waals surface area contributed by atoms with E-state index in [9.17, 15) is 4.79 Å². The molecule has 17 heavy (non-hydrogen) atoms. The van der Waals surface area contributed by atoms with Crippen LogP contribution in [0, 0.1) is 5.92 Å². The molecule has 0 radical (unpaired) electrons. The van der Waals surface area contributed by atoms with Crippen molar-refractivity contribution in [3.63, 3.8) is 0 Å². The molecule has 0 saturated heterocycles. The van der Waals surface area contributed by atoms with Gasteiger partial charge in [-0.25, -0.2) is 0 Å². The highest BCUT2D eigenvalue weighted by Gasteiger charge is 2.31. The third kappa shape index (κ3) is 6.03. The Morgan fingerprint density at radius 3 is 2.59 bits per heavy atom. The van der Waals surface area contributed by atoms with Crippen molar-refractivity contribution < 1.29 is 14.3 Å². The number of likely N-dealkylation sites (N-methyl/N-ethyl adjacent to an activating group) is 1. The zero-order chi connectivity index (χ0) is 13.3. The number of hydrogen-bond acceptors (Lipinski definition) is 4. The Bertz CT molecular complexity index is 221. The predicted molar refractivity (Wildman–Crippen MR) is 69.0 cm³/mol. The van der Waals surface area contributed by atoms with E-state index in [1.54, 1.807) is 7.05 Å². The summed E-state index contributed by atoms with van der Waals surface area (Å²) in [5.74, 6) is 0.337. The third-order valence-electron chi connectivity index (χ3n) is 3.12. The summed E-state index contributed by atoms with van der Waals surface area (Å²) >= 11 is 0. The molecule has 0 spiro atoms. The van der Waals surface area contributed by atoms with Crippen molar-refractivity contribution in [3.05, 3.63) is 0 Å². The van der Waals surface area contributed by atoms with Crippen LogP contribution >= 0.6 is 0 Å². The lowest BCUT2D eigenvalue weighted by Gasteiger charge is -2.26. The first kappa shape index (κ1) is 16.4. The highest BCUT2D eigenvalue weighted by molar-refractivity contribution is 5.80. The van der Waals surface area contributed by atoms with Gasteiger partial charge in [0.05, 0.1) is 7.11 Å². The van der Waals surface area contributed by atoms with Crippen molar-refractivity contribution in [2.45, 2.75) is 45.6 Å². The topological polar surface area (TPSA) is 47.6 Å². The van der Waals surface area contributed by atoms with Gasteiger partial charge in [-0.15, -0.1) is 0 Å². The minimum absolute atomic E-state index is 0.245. The zero-order valence-corrected chi connectivity index (χ0v) is 11.8. The third-order valence-corrected chi connectivity index (χ3v) is 3.12. The quantitative estimate of drug-likeness (QED) is 0.498. The number of ether oxygens (including phenoxy) is 2. The van der Waals surface area contributed by atoms with Crippen molar-refractivity contribution in [3.8, 4) is 0 Å². The summed E-state index contributed by atoms with van der Waals surface area (Å²) in [4.78, 5) is 11.6. The Labute approximate surface area is 105 Å². The summed E-state index contributed by atoms with van der Waals surface area (Å²) in [6.45, 7) is 7.51. The van der Waals surface area contributed by atoms with Gasteiger partial charge in [-0.1, -0.05) is 20.3 Å². The van der Waals surface area contributed by atoms with Crippen LogP contribution in [-0.2, 0) is 14.3 Å². The normalized spacial score (nSPS) is 16.3. The molecular formula is C13H27NO3. The molecule has 4 nitrogen and oxygen atoms in total. The van der Waals surface area contributed by atoms with Crippen LogP contribution in [0.2, 0.25) is 0 Å². The molecule has 0 amide bonds. The molecule has 0 aliphatic carbocycles. The van der Waals surface area contributed by atoms with Gasteiger partial charge >= 0.3 is 5.97 Å². The van der Waals surface area contributed by atoms with Gasteiger partial charge in [-0.3, -0.25) is 4.79 Å². The second kappa shape index (κ2) is 8.48. The van der Waals surface area contributed by atoms with Gasteiger partial charge in [0.25, 0.3) is 0 Å². The van der Waals surface area contributed by atoms with Crippen molar-refractivity contribution in [1.29, 1.82) is 0 Å². The molecule has 0 aromatic carbocycles. The van der Waals surface area contributed by atoms with Crippen molar-refractivity contribution >= 4 is 5.97 Å². The van der Waals surface area contributed by atoms with Crippen molar-refractivity contribution in [2.75, 3.05) is 27.4 Å². The van der Waals surface area contributed by atoms with Crippen LogP contribution < -0.4 is 5.32 Å². The van der Waals surface area contributed by atoms with Gasteiger partial charge in [-0.2, -0.15) is 0 Å². The van der Waals surface area contributed by atoms with E-state index in [4.69, 9.17) is 9.47 Å². The van der Waals surface area contributed by atoms with Crippen LogP contribution in [0.15, 0.2) is 0 Å². The number of hydrogen-bond donors (Lipinski definition) is 1. The summed E-state index contributed by atoms with van der Waals surface area (Å²) in [6, 6.07) is 0. The molecule has 4 heteroatoms. The van der Waals surface area contributed by atoms with E-state index in [1.165, 1.54) is 20.0 Å². The fourth-order valence-corrected chi connectivity index (χ4v) is 1.69. The summed E-state index contributed by atoms with van der Waals surface area (Å²) in [5, 5.41) is 2.99. The van der Waals surface area contributed by atoms with E-state index < -0.39 is 5.54 Å². The smallest absolute Gasteiger partial charge is 0.325 e. The number of methoxy groups -OCH3 is 1. The maximum atomic E-state index is 11.6. The van der Waals surface area contributed by atoms with E-state index >= 15 is 0 Å². The number of nitrogens with one attached hydrogen (secondary N) is 1. The SMILES string of the molecule is CCCC(C)COCCC(C)(NC)C(=O)OC. The molecule has 0 rings (SSSR count). The zero-order valence-electron chi connectivity index (χ0n) is 11.8. The van der Waals surface area contributed by atoms with Crippen LogP contribution in [0.4, 0.5) is 0 Å². The van der Waals surface area contributed by atoms with Gasteiger partial charge in [0.2, 0.25) is 0 Å². The first-order chi connectivity index (χ1) is 8.00. The Morgan fingerprint density at radius 1 is 1.47 bits per heavy atom. The summed E-state index contributed by atoms with van der Waals surface area (Å²) in [5.41, 5.74) is -0.650. The summed E-state index contributed by atoms with van der Waals surface area (Å²) in [7, 11) is 3.17. The molecule has 0 aliphatic heterocycles. The number of esters is 1. The van der Waals surface area contributed by atoms with Gasteiger partial charge in [0.15, 0.2) is 0 Å². The fraction of sp³-hybridized carbons (Fsp3) is 0.923. The lowest BCUT2D eigenvalue weighted by atomic mass is 9.99. The van der Waals surface area contributed by atoms with Gasteiger partial charge in [-0.05, 0) is 32.7 Å². The molecule has 2 unspecified atom stereocenters. The van der Waals surface area contributed by atoms with E-state index in [-0.39, 0.29) is 5.97 Å². The molecule has 0 saturated carbocycles. The monoisotopic (exact) mass is 245 g/mol. The molecular weight excluding hydrogens is 218 g/mol. The van der Waals surface area contributed by atoms with Crippen molar-refractivity contribution in [1.82, 2.24) is 5.32 Å². The number of rotatable bonds is 9. The molecule has 102 valence electrons. The maximum Gasteiger partial charge on any atom is 0.325 e. The average molecular weight is 245 g/mol. The second-order valence-corrected chi connectivity index (χ2v) is 4.79. The van der Waals surface area contributed by atoms with Crippen LogP contribution in [0.25, 0.3) is 0 Å². The Hall–Kier alpha value is -0.610. The Kier molecular flexibility index (Phi) is 8.17. The lowest BCUT2D eigenvalue weighted by Crippen LogP contribution is -2.49. The van der Waals surface area contributed by atoms with Gasteiger partial charge in [0.1, 0.15) is 5.54 Å². The lowest BCUT2D eigenvalue weighted by molar-refractivity contribution is -0.148. The van der Waals surface area contributed by atoms with E-state index in [0.29, 0.717) is 18.9 Å². The van der Waals surface area contributed by atoms with Crippen LogP contribution in [0.1, 0.15) is 40.0 Å². The Morgan fingerprint density at radius 2 is 2.12 bits per heavy atom. The maximum absolute atomic E-state index is 11.6. The average Bonchev–Trinajstić information content (AvgIpc) is 2.33. The van der Waals surface area contributed by atoms with Crippen LogP contribution in [-0.4, -0.2) is 38.9 Å². The van der Waals surface area contributed by atoms with Gasteiger partial charge in [0, 0.05) is 13.2 Å². The molecule has 2 atom stereocenters. The Balaban J connectivity index is 3.88.